The van der Waals surface area contributed by atoms with Gasteiger partial charge in [-0.05, 0) is 65.5 Å². The number of hydrogen-bond donors (Lipinski definition) is 2. The van der Waals surface area contributed by atoms with Crippen molar-refractivity contribution in [1.29, 1.82) is 0 Å². The molecule has 1 aromatic heterocycles. The van der Waals surface area contributed by atoms with Crippen LogP contribution in [0.25, 0.3) is 0 Å². The quantitative estimate of drug-likeness (QED) is 0.327. The molecule has 0 amide bonds. The molecule has 0 bridgehead atoms. The number of piperidine rings is 1. The Morgan fingerprint density at radius 2 is 2.18 bits per heavy atom. The van der Waals surface area contributed by atoms with Crippen LogP contribution in [0.15, 0.2) is 10.4 Å². The Morgan fingerprint density at radius 3 is 2.79 bits per heavy atom. The van der Waals surface area contributed by atoms with Gasteiger partial charge in [-0.3, -0.25) is 9.89 Å². The fraction of sp³-hybridized carbons (Fsp3) is 0.800. The molecular formula is C20H36IN5OS. The maximum absolute atomic E-state index is 5.85. The fourth-order valence-corrected chi connectivity index (χ4v) is 4.45. The van der Waals surface area contributed by atoms with Crippen LogP contribution in [0.2, 0.25) is 0 Å². The Labute approximate surface area is 190 Å². The van der Waals surface area contributed by atoms with E-state index in [9.17, 15) is 0 Å². The first-order valence-corrected chi connectivity index (χ1v) is 11.2. The molecule has 3 heterocycles. The van der Waals surface area contributed by atoms with E-state index in [4.69, 9.17) is 9.73 Å². The topological polar surface area (TPSA) is 61.8 Å². The van der Waals surface area contributed by atoms with Gasteiger partial charge in [0.05, 0.1) is 22.8 Å². The van der Waals surface area contributed by atoms with Crippen LogP contribution in [-0.4, -0.2) is 60.8 Å². The minimum atomic E-state index is -0.0816. The fourth-order valence-electron chi connectivity index (χ4n) is 3.85. The van der Waals surface area contributed by atoms with Crippen LogP contribution in [0.3, 0.4) is 0 Å². The highest BCUT2D eigenvalue weighted by molar-refractivity contribution is 14.0. The van der Waals surface area contributed by atoms with Crippen LogP contribution in [0.1, 0.15) is 50.2 Å². The van der Waals surface area contributed by atoms with E-state index in [0.717, 1.165) is 69.7 Å². The number of guanidine groups is 1. The molecule has 1 atom stereocenters. The summed E-state index contributed by atoms with van der Waals surface area (Å²) in [5, 5.41) is 10.3. The highest BCUT2D eigenvalue weighted by Gasteiger charge is 2.29. The summed E-state index contributed by atoms with van der Waals surface area (Å²) in [5.41, 5.74) is 1.14. The van der Waals surface area contributed by atoms with Crippen LogP contribution < -0.4 is 10.6 Å². The minimum Gasteiger partial charge on any atom is -0.373 e. The van der Waals surface area contributed by atoms with E-state index in [0.29, 0.717) is 5.92 Å². The van der Waals surface area contributed by atoms with E-state index in [-0.39, 0.29) is 29.6 Å². The second kappa shape index (κ2) is 11.7. The van der Waals surface area contributed by atoms with Gasteiger partial charge in [0.1, 0.15) is 0 Å². The van der Waals surface area contributed by atoms with Crippen molar-refractivity contribution in [2.75, 3.05) is 39.3 Å². The minimum absolute atomic E-state index is 0. The zero-order valence-corrected chi connectivity index (χ0v) is 20.6. The first-order valence-electron chi connectivity index (χ1n) is 10.4. The van der Waals surface area contributed by atoms with Crippen LogP contribution in [0, 0.1) is 12.8 Å². The molecule has 2 N–H and O–H groups in total. The Kier molecular flexibility index (Phi) is 9.92. The second-order valence-electron chi connectivity index (χ2n) is 8.06. The summed E-state index contributed by atoms with van der Waals surface area (Å²) in [4.78, 5) is 11.9. The number of likely N-dealkylation sites (tertiary alicyclic amines) is 1. The van der Waals surface area contributed by atoms with Crippen LogP contribution in [-0.2, 0) is 11.3 Å². The molecule has 2 saturated heterocycles. The predicted octanol–water partition coefficient (Wildman–Crippen LogP) is 3.41. The molecule has 2 aliphatic rings. The highest BCUT2D eigenvalue weighted by Crippen LogP contribution is 2.25. The van der Waals surface area contributed by atoms with Crippen molar-refractivity contribution in [3.05, 3.63) is 16.1 Å². The Balaban J connectivity index is 0.00000280. The third-order valence-electron chi connectivity index (χ3n) is 5.53. The van der Waals surface area contributed by atoms with E-state index < -0.39 is 0 Å². The van der Waals surface area contributed by atoms with Crippen LogP contribution in [0.4, 0.5) is 0 Å². The lowest BCUT2D eigenvalue weighted by Crippen LogP contribution is -2.43. The average molecular weight is 522 g/mol. The summed E-state index contributed by atoms with van der Waals surface area (Å²) in [5.74, 6) is 1.63. The summed E-state index contributed by atoms with van der Waals surface area (Å²) < 4.78 is 5.85. The summed E-state index contributed by atoms with van der Waals surface area (Å²) in [6.45, 7) is 13.1. The molecule has 0 aliphatic carbocycles. The molecule has 1 unspecified atom stereocenters. The molecule has 0 radical (unpaired) electrons. The van der Waals surface area contributed by atoms with Crippen molar-refractivity contribution >= 4 is 41.3 Å². The van der Waals surface area contributed by atoms with E-state index in [2.05, 4.69) is 46.7 Å². The van der Waals surface area contributed by atoms with Gasteiger partial charge in [-0.2, -0.15) is 0 Å². The van der Waals surface area contributed by atoms with Gasteiger partial charge in [-0.25, -0.2) is 4.98 Å². The number of nitrogens with zero attached hydrogens (tertiary/aromatic N) is 3. The number of hydrogen-bond acceptors (Lipinski definition) is 5. The first kappa shape index (κ1) is 23.8. The number of halogens is 1. The summed E-state index contributed by atoms with van der Waals surface area (Å²) >= 11 is 1.75. The Hall–Kier alpha value is -0.450. The van der Waals surface area contributed by atoms with Crippen LogP contribution >= 0.6 is 35.3 Å². The number of ether oxygens (including phenoxy) is 1. The highest BCUT2D eigenvalue weighted by atomic mass is 127. The molecular weight excluding hydrogens is 485 g/mol. The molecule has 160 valence electrons. The first-order chi connectivity index (χ1) is 13.1. The van der Waals surface area contributed by atoms with Crippen molar-refractivity contribution in [1.82, 2.24) is 20.5 Å². The van der Waals surface area contributed by atoms with Crippen molar-refractivity contribution in [2.45, 2.75) is 58.6 Å². The van der Waals surface area contributed by atoms with E-state index in [1.54, 1.807) is 11.3 Å². The zero-order valence-electron chi connectivity index (χ0n) is 17.5. The van der Waals surface area contributed by atoms with Gasteiger partial charge < -0.3 is 15.4 Å². The second-order valence-corrected chi connectivity index (χ2v) is 9.12. The van der Waals surface area contributed by atoms with Crippen molar-refractivity contribution in [2.24, 2.45) is 10.9 Å². The summed E-state index contributed by atoms with van der Waals surface area (Å²) in [7, 11) is 0. The molecule has 28 heavy (non-hydrogen) atoms. The van der Waals surface area contributed by atoms with Crippen molar-refractivity contribution in [3.63, 3.8) is 0 Å². The Morgan fingerprint density at radius 1 is 1.39 bits per heavy atom. The number of aliphatic imine (C=N–C) groups is 1. The number of nitrogens with one attached hydrogen (secondary N) is 2. The number of aryl methyl sites for hydroxylation is 1. The van der Waals surface area contributed by atoms with Gasteiger partial charge in [-0.15, -0.1) is 35.3 Å². The normalized spacial score (nSPS) is 24.2. The largest absolute Gasteiger partial charge is 0.373 e. The van der Waals surface area contributed by atoms with E-state index >= 15 is 0 Å². The molecule has 0 saturated carbocycles. The lowest BCUT2D eigenvalue weighted by atomic mass is 9.97. The van der Waals surface area contributed by atoms with Gasteiger partial charge in [0.25, 0.3) is 0 Å². The maximum Gasteiger partial charge on any atom is 0.191 e. The zero-order chi connectivity index (χ0) is 19.1. The van der Waals surface area contributed by atoms with Crippen molar-refractivity contribution < 1.29 is 4.74 Å². The average Bonchev–Trinajstić information content (AvgIpc) is 3.27. The number of thiazole rings is 1. The molecule has 0 spiro atoms. The standard InChI is InChI=1S/C20H35N5OS.HI/c1-4-21-19(23-15-20(3)8-5-11-26-20)22-12-17-6-9-25(10-7-17)13-18-14-27-16(2)24-18;/h14,17H,4-13,15H2,1-3H3,(H2,21,22,23);1H. The summed E-state index contributed by atoms with van der Waals surface area (Å²) in [6.07, 6.45) is 4.72. The van der Waals surface area contributed by atoms with E-state index in [1.165, 1.54) is 18.5 Å². The van der Waals surface area contributed by atoms with Gasteiger partial charge >= 0.3 is 0 Å². The molecule has 6 nitrogen and oxygen atoms in total. The third-order valence-corrected chi connectivity index (χ3v) is 6.36. The molecule has 2 fully saturated rings. The molecule has 2 aliphatic heterocycles. The lowest BCUT2D eigenvalue weighted by molar-refractivity contribution is 0.0283. The van der Waals surface area contributed by atoms with Gasteiger partial charge in [0.15, 0.2) is 5.96 Å². The maximum atomic E-state index is 5.85. The van der Waals surface area contributed by atoms with E-state index in [1.807, 2.05) is 0 Å². The molecule has 3 rings (SSSR count). The van der Waals surface area contributed by atoms with Gasteiger partial charge in [0, 0.05) is 31.6 Å². The number of aromatic nitrogens is 1. The predicted molar refractivity (Wildman–Crippen MR) is 128 cm³/mol. The molecule has 8 heteroatoms. The third kappa shape index (κ3) is 7.42. The van der Waals surface area contributed by atoms with Gasteiger partial charge in [-0.1, -0.05) is 0 Å². The summed E-state index contributed by atoms with van der Waals surface area (Å²) in [6, 6.07) is 0. The Bertz CT molecular complexity index is 609. The monoisotopic (exact) mass is 521 g/mol. The van der Waals surface area contributed by atoms with Crippen LogP contribution in [0.5, 0.6) is 0 Å². The number of rotatable bonds is 7. The molecule has 1 aromatic rings. The SMILES string of the molecule is CCNC(=NCC1(C)CCCO1)NCC1CCN(Cc2csc(C)n2)CC1.I. The smallest absolute Gasteiger partial charge is 0.191 e. The van der Waals surface area contributed by atoms with Crippen molar-refractivity contribution in [3.8, 4) is 0 Å². The van der Waals surface area contributed by atoms with Gasteiger partial charge in [0.2, 0.25) is 0 Å². The lowest BCUT2D eigenvalue weighted by Gasteiger charge is -2.32. The molecule has 0 aromatic carbocycles.